The van der Waals surface area contributed by atoms with Crippen LogP contribution in [0.3, 0.4) is 0 Å². The molecular formula is C9H16FN. The fourth-order valence-electron chi connectivity index (χ4n) is 2.18. The minimum atomic E-state index is -0.554. The van der Waals surface area contributed by atoms with Crippen molar-refractivity contribution in [2.45, 2.75) is 44.3 Å². The highest BCUT2D eigenvalue weighted by atomic mass is 19.1. The van der Waals surface area contributed by atoms with E-state index < -0.39 is 6.17 Å². The lowest BCUT2D eigenvalue weighted by atomic mass is 9.85. The zero-order chi connectivity index (χ0) is 7.90. The van der Waals surface area contributed by atoms with Gasteiger partial charge in [0.15, 0.2) is 0 Å². The number of hydrogen-bond donors (Lipinski definition) is 1. The van der Waals surface area contributed by atoms with Crippen molar-refractivity contribution in [3.63, 3.8) is 0 Å². The molecule has 1 saturated heterocycles. The van der Waals surface area contributed by atoms with Gasteiger partial charge in [0.1, 0.15) is 6.17 Å². The van der Waals surface area contributed by atoms with Crippen molar-refractivity contribution in [2.75, 3.05) is 6.54 Å². The summed E-state index contributed by atoms with van der Waals surface area (Å²) in [6.07, 6.45) is 3.49. The van der Waals surface area contributed by atoms with Crippen LogP contribution in [0, 0.1) is 5.92 Å². The first-order valence-electron chi connectivity index (χ1n) is 4.60. The Hall–Kier alpha value is -0.110. The Morgan fingerprint density at radius 1 is 1.36 bits per heavy atom. The fourth-order valence-corrected chi connectivity index (χ4v) is 2.18. The van der Waals surface area contributed by atoms with Gasteiger partial charge in [-0.05, 0) is 45.1 Å². The predicted octanol–water partition coefficient (Wildman–Crippen LogP) is 1.88. The van der Waals surface area contributed by atoms with Crippen LogP contribution in [0.1, 0.15) is 32.6 Å². The Kier molecular flexibility index (Phi) is 1.67. The lowest BCUT2D eigenvalue weighted by molar-refractivity contribution is 0.147. The Balaban J connectivity index is 1.99. The summed E-state index contributed by atoms with van der Waals surface area (Å²) in [5.41, 5.74) is 0.137. The van der Waals surface area contributed by atoms with E-state index in [4.69, 9.17) is 0 Å². The van der Waals surface area contributed by atoms with Crippen LogP contribution >= 0.6 is 0 Å². The number of nitrogens with one attached hydrogen (secondary N) is 1. The van der Waals surface area contributed by atoms with E-state index in [0.29, 0.717) is 6.42 Å². The summed E-state index contributed by atoms with van der Waals surface area (Å²) in [6, 6.07) is 0. The molecule has 1 aliphatic heterocycles. The van der Waals surface area contributed by atoms with Gasteiger partial charge >= 0.3 is 0 Å². The summed E-state index contributed by atoms with van der Waals surface area (Å²) in [7, 11) is 0. The van der Waals surface area contributed by atoms with Crippen LogP contribution in [-0.2, 0) is 0 Å². The van der Waals surface area contributed by atoms with Gasteiger partial charge in [0.2, 0.25) is 0 Å². The SMILES string of the molecule is CC1(C2CC2)CC(F)CCN1. The maximum Gasteiger partial charge on any atom is 0.103 e. The molecule has 2 fully saturated rings. The van der Waals surface area contributed by atoms with Crippen LogP contribution in [-0.4, -0.2) is 18.3 Å². The van der Waals surface area contributed by atoms with Gasteiger partial charge in [0.05, 0.1) is 0 Å². The molecular weight excluding hydrogens is 141 g/mol. The summed E-state index contributed by atoms with van der Waals surface area (Å²) >= 11 is 0. The van der Waals surface area contributed by atoms with Gasteiger partial charge in [-0.2, -0.15) is 0 Å². The molecule has 0 aromatic carbocycles. The van der Waals surface area contributed by atoms with Crippen LogP contribution in [0.5, 0.6) is 0 Å². The molecule has 2 heteroatoms. The Bertz CT molecular complexity index is 156. The van der Waals surface area contributed by atoms with Crippen LogP contribution < -0.4 is 5.32 Å². The third-order valence-electron chi connectivity index (χ3n) is 3.11. The molecule has 64 valence electrons. The molecule has 1 heterocycles. The van der Waals surface area contributed by atoms with Crippen LogP contribution in [0.2, 0.25) is 0 Å². The van der Waals surface area contributed by atoms with E-state index in [9.17, 15) is 4.39 Å². The summed E-state index contributed by atoms with van der Waals surface area (Å²) < 4.78 is 13.0. The molecule has 2 atom stereocenters. The number of halogens is 1. The highest BCUT2D eigenvalue weighted by Gasteiger charge is 2.44. The molecule has 0 aromatic rings. The van der Waals surface area contributed by atoms with Gasteiger partial charge < -0.3 is 5.32 Å². The highest BCUT2D eigenvalue weighted by molar-refractivity contribution is 5.01. The second kappa shape index (κ2) is 2.44. The van der Waals surface area contributed by atoms with E-state index in [2.05, 4.69) is 12.2 Å². The fraction of sp³-hybridized carbons (Fsp3) is 1.00. The van der Waals surface area contributed by atoms with Crippen molar-refractivity contribution in [1.29, 1.82) is 0 Å². The van der Waals surface area contributed by atoms with Crippen molar-refractivity contribution in [3.05, 3.63) is 0 Å². The maximum atomic E-state index is 13.0. The number of piperidine rings is 1. The maximum absolute atomic E-state index is 13.0. The molecule has 2 unspecified atom stereocenters. The lowest BCUT2D eigenvalue weighted by Gasteiger charge is -2.37. The zero-order valence-corrected chi connectivity index (χ0v) is 7.07. The molecule has 0 radical (unpaired) electrons. The van der Waals surface area contributed by atoms with Gasteiger partial charge in [0, 0.05) is 5.54 Å². The van der Waals surface area contributed by atoms with Crippen LogP contribution in [0.15, 0.2) is 0 Å². The first-order chi connectivity index (χ1) is 5.21. The molecule has 0 amide bonds. The molecule has 2 aliphatic rings. The molecule has 1 N–H and O–H groups in total. The van der Waals surface area contributed by atoms with Crippen molar-refractivity contribution < 1.29 is 4.39 Å². The van der Waals surface area contributed by atoms with Crippen molar-refractivity contribution in [3.8, 4) is 0 Å². The smallest absolute Gasteiger partial charge is 0.103 e. The normalized spacial score (nSPS) is 45.8. The Labute approximate surface area is 67.4 Å². The monoisotopic (exact) mass is 157 g/mol. The summed E-state index contributed by atoms with van der Waals surface area (Å²) in [5, 5.41) is 3.45. The predicted molar refractivity (Wildman–Crippen MR) is 43.3 cm³/mol. The van der Waals surface area contributed by atoms with Gasteiger partial charge in [-0.1, -0.05) is 0 Å². The van der Waals surface area contributed by atoms with Crippen molar-refractivity contribution >= 4 is 0 Å². The first kappa shape index (κ1) is 7.53. The standard InChI is InChI=1S/C9H16FN/c1-9(7-2-3-7)6-8(10)4-5-11-9/h7-8,11H,2-6H2,1H3. The summed E-state index contributed by atoms with van der Waals surface area (Å²) in [4.78, 5) is 0. The Morgan fingerprint density at radius 2 is 2.09 bits per heavy atom. The third-order valence-corrected chi connectivity index (χ3v) is 3.11. The topological polar surface area (TPSA) is 12.0 Å². The van der Waals surface area contributed by atoms with Crippen molar-refractivity contribution in [2.24, 2.45) is 5.92 Å². The quantitative estimate of drug-likeness (QED) is 0.612. The third kappa shape index (κ3) is 1.41. The molecule has 0 spiro atoms. The van der Waals surface area contributed by atoms with Crippen molar-refractivity contribution in [1.82, 2.24) is 5.32 Å². The molecule has 2 rings (SSSR count). The second-order valence-corrected chi connectivity index (χ2v) is 4.21. The largest absolute Gasteiger partial charge is 0.311 e. The first-order valence-corrected chi connectivity index (χ1v) is 4.60. The Morgan fingerprint density at radius 3 is 2.64 bits per heavy atom. The highest BCUT2D eigenvalue weighted by Crippen LogP contribution is 2.43. The minimum Gasteiger partial charge on any atom is -0.311 e. The molecule has 1 nitrogen and oxygen atoms in total. The van der Waals surface area contributed by atoms with E-state index in [1.165, 1.54) is 12.8 Å². The average Bonchev–Trinajstić information content (AvgIpc) is 2.66. The molecule has 1 saturated carbocycles. The molecule has 0 aromatic heterocycles. The molecule has 11 heavy (non-hydrogen) atoms. The molecule has 0 bridgehead atoms. The van der Waals surface area contributed by atoms with E-state index in [1.807, 2.05) is 0 Å². The number of hydrogen-bond acceptors (Lipinski definition) is 1. The van der Waals surface area contributed by atoms with E-state index in [-0.39, 0.29) is 5.54 Å². The average molecular weight is 157 g/mol. The van der Waals surface area contributed by atoms with Gasteiger partial charge in [-0.3, -0.25) is 0 Å². The number of alkyl halides is 1. The van der Waals surface area contributed by atoms with E-state index in [1.54, 1.807) is 0 Å². The van der Waals surface area contributed by atoms with Crippen LogP contribution in [0.4, 0.5) is 4.39 Å². The lowest BCUT2D eigenvalue weighted by Crippen LogP contribution is -2.51. The van der Waals surface area contributed by atoms with E-state index in [0.717, 1.165) is 18.9 Å². The van der Waals surface area contributed by atoms with Gasteiger partial charge in [-0.15, -0.1) is 0 Å². The minimum absolute atomic E-state index is 0.137. The number of rotatable bonds is 1. The second-order valence-electron chi connectivity index (χ2n) is 4.21. The summed E-state index contributed by atoms with van der Waals surface area (Å²) in [6.45, 7) is 3.05. The van der Waals surface area contributed by atoms with Gasteiger partial charge in [-0.25, -0.2) is 4.39 Å². The zero-order valence-electron chi connectivity index (χ0n) is 7.07. The summed E-state index contributed by atoms with van der Waals surface area (Å²) in [5.74, 6) is 0.765. The van der Waals surface area contributed by atoms with Gasteiger partial charge in [0.25, 0.3) is 0 Å². The van der Waals surface area contributed by atoms with E-state index >= 15 is 0 Å². The molecule has 1 aliphatic carbocycles. The van der Waals surface area contributed by atoms with Crippen LogP contribution in [0.25, 0.3) is 0 Å².